The second kappa shape index (κ2) is 5.00. The summed E-state index contributed by atoms with van der Waals surface area (Å²) in [6, 6.07) is -0.383. The molecular formula is C13H21NO5. The third-order valence-electron chi connectivity index (χ3n) is 3.47. The Hall–Kier alpha value is -1.30. The molecule has 0 spiro atoms. The fourth-order valence-electron chi connectivity index (χ4n) is 2.73. The number of nitrogens with zero attached hydrogens (tertiary/aromatic N) is 1. The molecule has 2 atom stereocenters. The first-order valence-corrected chi connectivity index (χ1v) is 6.60. The summed E-state index contributed by atoms with van der Waals surface area (Å²) in [6.45, 7) is 6.24. The molecule has 108 valence electrons. The zero-order chi connectivity index (χ0) is 14.2. The topological polar surface area (TPSA) is 76.1 Å². The zero-order valence-corrected chi connectivity index (χ0v) is 11.6. The Balaban J connectivity index is 2.10. The molecule has 0 aromatic heterocycles. The Morgan fingerprint density at radius 3 is 2.16 bits per heavy atom. The van der Waals surface area contributed by atoms with Crippen molar-refractivity contribution in [2.45, 2.75) is 51.3 Å². The van der Waals surface area contributed by atoms with Gasteiger partial charge in [0.05, 0.1) is 31.2 Å². The van der Waals surface area contributed by atoms with Crippen molar-refractivity contribution in [1.82, 2.24) is 4.90 Å². The van der Waals surface area contributed by atoms with Crippen LogP contribution in [-0.2, 0) is 14.3 Å². The van der Waals surface area contributed by atoms with Crippen molar-refractivity contribution in [2.75, 3.05) is 13.2 Å². The third kappa shape index (κ3) is 3.18. The first-order chi connectivity index (χ1) is 8.78. The van der Waals surface area contributed by atoms with Gasteiger partial charge in [-0.15, -0.1) is 0 Å². The van der Waals surface area contributed by atoms with Gasteiger partial charge in [-0.3, -0.25) is 9.69 Å². The first kappa shape index (κ1) is 14.1. The van der Waals surface area contributed by atoms with Crippen molar-refractivity contribution in [3.05, 3.63) is 0 Å². The van der Waals surface area contributed by atoms with E-state index in [2.05, 4.69) is 0 Å². The van der Waals surface area contributed by atoms with Crippen LogP contribution in [0.2, 0.25) is 0 Å². The van der Waals surface area contributed by atoms with Crippen molar-refractivity contribution >= 4 is 12.1 Å². The minimum atomic E-state index is -0.791. The van der Waals surface area contributed by atoms with Gasteiger partial charge in [0.25, 0.3) is 0 Å². The van der Waals surface area contributed by atoms with Gasteiger partial charge in [0.1, 0.15) is 5.60 Å². The van der Waals surface area contributed by atoms with Gasteiger partial charge in [-0.1, -0.05) is 0 Å². The maximum atomic E-state index is 12.2. The zero-order valence-electron chi connectivity index (χ0n) is 11.6. The predicted molar refractivity (Wildman–Crippen MR) is 66.8 cm³/mol. The third-order valence-corrected chi connectivity index (χ3v) is 3.47. The molecule has 1 N–H and O–H groups in total. The molecule has 0 radical (unpaired) electrons. The molecule has 6 nitrogen and oxygen atoms in total. The number of morpholine rings is 1. The molecule has 2 bridgehead atoms. The number of rotatable bonds is 1. The number of carbonyl (C=O) groups is 2. The molecule has 6 heteroatoms. The minimum absolute atomic E-state index is 0.191. The Bertz CT molecular complexity index is 362. The van der Waals surface area contributed by atoms with Crippen LogP contribution in [-0.4, -0.2) is 53.0 Å². The van der Waals surface area contributed by atoms with Crippen LogP contribution in [0.1, 0.15) is 33.6 Å². The van der Waals surface area contributed by atoms with Crippen molar-refractivity contribution < 1.29 is 24.2 Å². The van der Waals surface area contributed by atoms with Gasteiger partial charge in [0.2, 0.25) is 0 Å². The number of piperidine rings is 1. The Labute approximate surface area is 112 Å². The van der Waals surface area contributed by atoms with Crippen LogP contribution in [0.5, 0.6) is 0 Å². The standard InChI is InChI=1S/C13H21NO5/c1-13(2,3)19-12(17)14-9-4-8(11(15)16)5-10(14)7-18-6-9/h8-10H,4-7H2,1-3H3,(H,15,16)/t9-,10-/m0/s1. The smallest absolute Gasteiger partial charge is 0.410 e. The van der Waals surface area contributed by atoms with Gasteiger partial charge in [-0.2, -0.15) is 0 Å². The minimum Gasteiger partial charge on any atom is -0.481 e. The number of hydrogen-bond acceptors (Lipinski definition) is 4. The second-order valence-corrected chi connectivity index (χ2v) is 6.24. The normalized spacial score (nSPS) is 30.9. The maximum absolute atomic E-state index is 12.2. The molecule has 2 aliphatic heterocycles. The van der Waals surface area contributed by atoms with Crippen LogP contribution in [0.25, 0.3) is 0 Å². The Kier molecular flexibility index (Phi) is 3.71. The number of amides is 1. The SMILES string of the molecule is CC(C)(C)OC(=O)N1[C@@H]2COC[C@@H]1CC(C(=O)O)C2. The Morgan fingerprint density at radius 2 is 1.74 bits per heavy atom. The van der Waals surface area contributed by atoms with Crippen molar-refractivity contribution in [3.63, 3.8) is 0 Å². The number of ether oxygens (including phenoxy) is 2. The largest absolute Gasteiger partial charge is 0.481 e. The van der Waals surface area contributed by atoms with Gasteiger partial charge >= 0.3 is 12.1 Å². The average molecular weight is 271 g/mol. The maximum Gasteiger partial charge on any atom is 0.410 e. The van der Waals surface area contributed by atoms with Gasteiger partial charge in [-0.25, -0.2) is 4.79 Å². The van der Waals surface area contributed by atoms with E-state index in [9.17, 15) is 9.59 Å². The molecule has 19 heavy (non-hydrogen) atoms. The second-order valence-electron chi connectivity index (χ2n) is 6.24. The molecule has 2 heterocycles. The number of aliphatic carboxylic acids is 1. The van der Waals surface area contributed by atoms with E-state index < -0.39 is 17.5 Å². The van der Waals surface area contributed by atoms with E-state index >= 15 is 0 Å². The fourth-order valence-corrected chi connectivity index (χ4v) is 2.73. The summed E-state index contributed by atoms with van der Waals surface area (Å²) >= 11 is 0. The Morgan fingerprint density at radius 1 is 1.21 bits per heavy atom. The van der Waals surface area contributed by atoms with Crippen molar-refractivity contribution in [3.8, 4) is 0 Å². The number of fused-ring (bicyclic) bond motifs is 2. The van der Waals surface area contributed by atoms with E-state index in [1.54, 1.807) is 4.90 Å². The molecule has 0 saturated carbocycles. The van der Waals surface area contributed by atoms with E-state index in [0.29, 0.717) is 26.1 Å². The summed E-state index contributed by atoms with van der Waals surface area (Å²) in [4.78, 5) is 25.0. The predicted octanol–water partition coefficient (Wildman–Crippen LogP) is 1.49. The number of carboxylic acid groups (broad SMARTS) is 1. The number of carbonyl (C=O) groups excluding carboxylic acids is 1. The lowest BCUT2D eigenvalue weighted by atomic mass is 9.85. The molecular weight excluding hydrogens is 250 g/mol. The summed E-state index contributed by atoms with van der Waals surface area (Å²) in [7, 11) is 0. The summed E-state index contributed by atoms with van der Waals surface area (Å²) in [6.07, 6.45) is 0.505. The molecule has 2 rings (SSSR count). The highest BCUT2D eigenvalue weighted by Gasteiger charge is 2.45. The lowest BCUT2D eigenvalue weighted by molar-refractivity contribution is -0.150. The van der Waals surface area contributed by atoms with Crippen molar-refractivity contribution in [1.29, 1.82) is 0 Å². The highest BCUT2D eigenvalue weighted by Crippen LogP contribution is 2.32. The first-order valence-electron chi connectivity index (χ1n) is 6.60. The van der Waals surface area contributed by atoms with E-state index in [0.717, 1.165) is 0 Å². The molecule has 0 aromatic rings. The monoisotopic (exact) mass is 271 g/mol. The van der Waals surface area contributed by atoms with Crippen molar-refractivity contribution in [2.24, 2.45) is 5.92 Å². The lowest BCUT2D eigenvalue weighted by Gasteiger charge is -2.47. The molecule has 2 saturated heterocycles. The van der Waals surface area contributed by atoms with Gasteiger partial charge < -0.3 is 14.6 Å². The molecule has 0 aliphatic carbocycles. The fraction of sp³-hybridized carbons (Fsp3) is 0.846. The molecule has 0 unspecified atom stereocenters. The summed E-state index contributed by atoms with van der Waals surface area (Å²) in [5.74, 6) is -1.18. The van der Waals surface area contributed by atoms with Gasteiger partial charge in [-0.05, 0) is 33.6 Å². The summed E-state index contributed by atoms with van der Waals surface area (Å²) in [5, 5.41) is 9.13. The molecule has 2 aliphatic rings. The summed E-state index contributed by atoms with van der Waals surface area (Å²) in [5.41, 5.74) is -0.546. The quantitative estimate of drug-likeness (QED) is 0.782. The van der Waals surface area contributed by atoms with E-state index in [1.807, 2.05) is 20.8 Å². The molecule has 1 amide bonds. The van der Waals surface area contributed by atoms with Crippen LogP contribution < -0.4 is 0 Å². The van der Waals surface area contributed by atoms with E-state index in [4.69, 9.17) is 14.6 Å². The van der Waals surface area contributed by atoms with Crippen LogP contribution in [0.15, 0.2) is 0 Å². The van der Waals surface area contributed by atoms with Crippen LogP contribution >= 0.6 is 0 Å². The van der Waals surface area contributed by atoms with Crippen LogP contribution in [0.3, 0.4) is 0 Å². The highest BCUT2D eigenvalue weighted by atomic mass is 16.6. The van der Waals surface area contributed by atoms with E-state index in [1.165, 1.54) is 0 Å². The van der Waals surface area contributed by atoms with E-state index in [-0.39, 0.29) is 18.2 Å². The number of carboxylic acids is 1. The highest BCUT2D eigenvalue weighted by molar-refractivity contribution is 5.73. The van der Waals surface area contributed by atoms with Crippen LogP contribution in [0.4, 0.5) is 4.79 Å². The van der Waals surface area contributed by atoms with Gasteiger partial charge in [0, 0.05) is 0 Å². The lowest BCUT2D eigenvalue weighted by Crippen LogP contribution is -2.60. The summed E-state index contributed by atoms with van der Waals surface area (Å²) < 4.78 is 10.8. The van der Waals surface area contributed by atoms with Crippen LogP contribution in [0, 0.1) is 5.92 Å². The average Bonchev–Trinajstić information content (AvgIpc) is 2.24. The number of hydrogen-bond donors (Lipinski definition) is 1. The molecule has 0 aromatic carbocycles. The molecule has 2 fully saturated rings. The van der Waals surface area contributed by atoms with Gasteiger partial charge in [0.15, 0.2) is 0 Å².